The van der Waals surface area contributed by atoms with Crippen molar-refractivity contribution in [3.8, 4) is 0 Å². The third-order valence-corrected chi connectivity index (χ3v) is 6.60. The second-order valence-electron chi connectivity index (χ2n) is 8.46. The summed E-state index contributed by atoms with van der Waals surface area (Å²) in [6, 6.07) is 2.64. The molecule has 1 atom stereocenters. The second kappa shape index (κ2) is 6.96. The molecule has 0 bridgehead atoms. The first kappa shape index (κ1) is 19.3. The summed E-state index contributed by atoms with van der Waals surface area (Å²) >= 11 is 0. The first-order valence-corrected chi connectivity index (χ1v) is 10.4. The minimum atomic E-state index is -4.47. The molecule has 3 aliphatic rings. The topological polar surface area (TPSA) is 49.3 Å². The highest BCUT2D eigenvalue weighted by molar-refractivity contribution is 5.81. The zero-order valence-corrected chi connectivity index (χ0v) is 16.8. The molecule has 5 rings (SSSR count). The molecule has 0 N–H and O–H groups in total. The summed E-state index contributed by atoms with van der Waals surface area (Å²) in [7, 11) is 0. The van der Waals surface area contributed by atoms with Crippen LogP contribution in [0.15, 0.2) is 18.3 Å². The van der Waals surface area contributed by atoms with Crippen molar-refractivity contribution in [3.05, 3.63) is 52.1 Å². The number of fused-ring (bicyclic) bond motifs is 3. The average molecular weight is 416 g/mol. The largest absolute Gasteiger partial charge is 0.433 e. The van der Waals surface area contributed by atoms with Crippen LogP contribution in [-0.4, -0.2) is 33.9 Å². The molecule has 0 aromatic carbocycles. The van der Waals surface area contributed by atoms with Crippen LogP contribution < -0.4 is 4.90 Å². The molecule has 0 radical (unpaired) electrons. The Morgan fingerprint density at radius 1 is 1.17 bits per heavy atom. The predicted octanol–water partition coefficient (Wildman–Crippen LogP) is 3.66. The standard InChI is InChI=1S/C22H23F3N4O/c1-13-17-11-29(12-18(17)16-3-2-4-19(16)27-13)21(30)14-6-8-28(10-14)15-5-7-26-20(9-15)22(23,24)25/h5,7,9,14H,2-4,6,8,10-12H2,1H3/t14-/m1/s1. The van der Waals surface area contributed by atoms with Gasteiger partial charge in [0.15, 0.2) is 0 Å². The highest BCUT2D eigenvalue weighted by Gasteiger charge is 2.37. The Morgan fingerprint density at radius 3 is 2.77 bits per heavy atom. The quantitative estimate of drug-likeness (QED) is 0.750. The Kier molecular flexibility index (Phi) is 4.48. The Bertz CT molecular complexity index is 1020. The van der Waals surface area contributed by atoms with Crippen molar-refractivity contribution >= 4 is 11.6 Å². The third-order valence-electron chi connectivity index (χ3n) is 6.60. The number of hydrogen-bond acceptors (Lipinski definition) is 4. The van der Waals surface area contributed by atoms with Crippen molar-refractivity contribution < 1.29 is 18.0 Å². The van der Waals surface area contributed by atoms with E-state index in [4.69, 9.17) is 4.98 Å². The molecular formula is C22H23F3N4O. The van der Waals surface area contributed by atoms with E-state index in [1.165, 1.54) is 28.6 Å². The van der Waals surface area contributed by atoms with Crippen LogP contribution in [0.5, 0.6) is 0 Å². The first-order chi connectivity index (χ1) is 14.3. The molecule has 0 saturated carbocycles. The minimum absolute atomic E-state index is 0.0879. The molecule has 1 fully saturated rings. The third kappa shape index (κ3) is 3.22. The monoisotopic (exact) mass is 416 g/mol. The molecule has 158 valence electrons. The number of aryl methyl sites for hydroxylation is 2. The van der Waals surface area contributed by atoms with Gasteiger partial charge in [0.05, 0.1) is 5.92 Å². The number of carbonyl (C=O) groups excluding carboxylic acids is 1. The van der Waals surface area contributed by atoms with E-state index >= 15 is 0 Å². The van der Waals surface area contributed by atoms with Crippen molar-refractivity contribution in [1.82, 2.24) is 14.9 Å². The van der Waals surface area contributed by atoms with Gasteiger partial charge in [-0.3, -0.25) is 14.8 Å². The fraction of sp³-hybridized carbons (Fsp3) is 0.500. The molecule has 1 saturated heterocycles. The summed E-state index contributed by atoms with van der Waals surface area (Å²) < 4.78 is 38.9. The Morgan fingerprint density at radius 2 is 1.97 bits per heavy atom. The normalized spacial score (nSPS) is 20.6. The van der Waals surface area contributed by atoms with Crippen molar-refractivity contribution in [2.45, 2.75) is 51.9 Å². The number of amides is 1. The van der Waals surface area contributed by atoms with E-state index in [2.05, 4.69) is 4.98 Å². The Hall–Kier alpha value is -2.64. The Labute approximate surface area is 172 Å². The number of pyridine rings is 2. The second-order valence-corrected chi connectivity index (χ2v) is 8.46. The van der Waals surface area contributed by atoms with Gasteiger partial charge in [-0.05, 0) is 61.4 Å². The molecule has 8 heteroatoms. The van der Waals surface area contributed by atoms with Crippen LogP contribution in [0.3, 0.4) is 0 Å². The van der Waals surface area contributed by atoms with Gasteiger partial charge in [0.2, 0.25) is 5.91 Å². The van der Waals surface area contributed by atoms with Crippen molar-refractivity contribution in [2.75, 3.05) is 18.0 Å². The zero-order chi connectivity index (χ0) is 21.0. The van der Waals surface area contributed by atoms with Crippen LogP contribution >= 0.6 is 0 Å². The summed E-state index contributed by atoms with van der Waals surface area (Å²) in [5.41, 5.74) is 5.56. The maximum Gasteiger partial charge on any atom is 0.433 e. The summed E-state index contributed by atoms with van der Waals surface area (Å²) in [5.74, 6) is -0.118. The molecule has 0 spiro atoms. The van der Waals surface area contributed by atoms with Gasteiger partial charge < -0.3 is 9.80 Å². The number of carbonyl (C=O) groups is 1. The zero-order valence-electron chi connectivity index (χ0n) is 16.8. The van der Waals surface area contributed by atoms with Crippen LogP contribution in [-0.2, 0) is 36.9 Å². The summed E-state index contributed by atoms with van der Waals surface area (Å²) in [4.78, 5) is 25.2. The highest BCUT2D eigenvalue weighted by Crippen LogP contribution is 2.36. The average Bonchev–Trinajstić information content (AvgIpc) is 3.45. The molecule has 30 heavy (non-hydrogen) atoms. The fourth-order valence-corrected chi connectivity index (χ4v) is 5.07. The number of hydrogen-bond donors (Lipinski definition) is 0. The lowest BCUT2D eigenvalue weighted by atomic mass is 10.0. The molecule has 5 nitrogen and oxygen atoms in total. The van der Waals surface area contributed by atoms with Gasteiger partial charge in [-0.2, -0.15) is 13.2 Å². The molecule has 2 aliphatic heterocycles. The van der Waals surface area contributed by atoms with Gasteiger partial charge in [-0.15, -0.1) is 0 Å². The molecular weight excluding hydrogens is 393 g/mol. The van der Waals surface area contributed by atoms with Crippen LogP contribution in [0.4, 0.5) is 18.9 Å². The van der Waals surface area contributed by atoms with Gasteiger partial charge in [0, 0.05) is 49.5 Å². The van der Waals surface area contributed by atoms with Crippen LogP contribution in [0, 0.1) is 12.8 Å². The molecule has 4 heterocycles. The van der Waals surface area contributed by atoms with Gasteiger partial charge >= 0.3 is 6.18 Å². The number of alkyl halides is 3. The smallest absolute Gasteiger partial charge is 0.371 e. The molecule has 2 aromatic rings. The summed E-state index contributed by atoms with van der Waals surface area (Å²) in [5, 5.41) is 0. The van der Waals surface area contributed by atoms with Crippen LogP contribution in [0.1, 0.15) is 46.6 Å². The van der Waals surface area contributed by atoms with E-state index in [9.17, 15) is 18.0 Å². The highest BCUT2D eigenvalue weighted by atomic mass is 19.4. The number of rotatable bonds is 2. The lowest BCUT2D eigenvalue weighted by molar-refractivity contribution is -0.141. The van der Waals surface area contributed by atoms with Gasteiger partial charge in [-0.25, -0.2) is 0 Å². The van der Waals surface area contributed by atoms with Crippen molar-refractivity contribution in [1.29, 1.82) is 0 Å². The number of nitrogens with zero attached hydrogens (tertiary/aromatic N) is 4. The number of anilines is 1. The van der Waals surface area contributed by atoms with E-state index < -0.39 is 11.9 Å². The van der Waals surface area contributed by atoms with Crippen molar-refractivity contribution in [2.24, 2.45) is 5.92 Å². The van der Waals surface area contributed by atoms with Gasteiger partial charge in [0.1, 0.15) is 5.69 Å². The van der Waals surface area contributed by atoms with Crippen LogP contribution in [0.25, 0.3) is 0 Å². The van der Waals surface area contributed by atoms with E-state index in [1.54, 1.807) is 6.07 Å². The summed E-state index contributed by atoms with van der Waals surface area (Å²) in [6.45, 7) is 4.23. The van der Waals surface area contributed by atoms with Gasteiger partial charge in [-0.1, -0.05) is 0 Å². The fourth-order valence-electron chi connectivity index (χ4n) is 5.07. The minimum Gasteiger partial charge on any atom is -0.371 e. The molecule has 1 amide bonds. The molecule has 0 unspecified atom stereocenters. The lowest BCUT2D eigenvalue weighted by Gasteiger charge is -2.22. The van der Waals surface area contributed by atoms with Crippen LogP contribution in [0.2, 0.25) is 0 Å². The number of aromatic nitrogens is 2. The van der Waals surface area contributed by atoms with E-state index in [0.717, 1.165) is 31.0 Å². The lowest BCUT2D eigenvalue weighted by Crippen LogP contribution is -2.34. The molecule has 1 aliphatic carbocycles. The molecule has 2 aromatic heterocycles. The van der Waals surface area contributed by atoms with Crippen molar-refractivity contribution in [3.63, 3.8) is 0 Å². The number of halogens is 3. The first-order valence-electron chi connectivity index (χ1n) is 10.4. The maximum absolute atomic E-state index is 13.2. The van der Waals surface area contributed by atoms with E-state index in [-0.39, 0.29) is 11.8 Å². The summed E-state index contributed by atoms with van der Waals surface area (Å²) in [6.07, 6.45) is 0.522. The SMILES string of the molecule is Cc1nc2c(c3c1CN(C(=O)[C@@H]1CCN(c4ccnc(C(F)(F)F)c4)C1)C3)CCC2. The maximum atomic E-state index is 13.2. The van der Waals surface area contributed by atoms with E-state index in [0.29, 0.717) is 38.3 Å². The Balaban J connectivity index is 1.30. The van der Waals surface area contributed by atoms with Gasteiger partial charge in [0.25, 0.3) is 0 Å². The predicted molar refractivity (Wildman–Crippen MR) is 105 cm³/mol. The van der Waals surface area contributed by atoms with E-state index in [1.807, 2.05) is 16.7 Å².